The maximum atomic E-state index is 5.36. The predicted molar refractivity (Wildman–Crippen MR) is 90.5 cm³/mol. The average Bonchev–Trinajstić information content (AvgIpc) is 2.52. The predicted octanol–water partition coefficient (Wildman–Crippen LogP) is 2.13. The van der Waals surface area contributed by atoms with E-state index in [2.05, 4.69) is 32.4 Å². The highest BCUT2D eigenvalue weighted by Crippen LogP contribution is 2.11. The van der Waals surface area contributed by atoms with Gasteiger partial charge >= 0.3 is 0 Å². The van der Waals surface area contributed by atoms with E-state index in [1.54, 1.807) is 0 Å². The lowest BCUT2D eigenvalue weighted by atomic mass is 10.2. The smallest absolute Gasteiger partial charge is 0.131 e. The molecular formula is C16H29N5O. The Morgan fingerprint density at radius 2 is 1.77 bits per heavy atom. The summed E-state index contributed by atoms with van der Waals surface area (Å²) in [6.07, 6.45) is 3.67. The van der Waals surface area contributed by atoms with Crippen LogP contribution in [0.2, 0.25) is 0 Å². The number of nitrogens with zero attached hydrogens (tertiary/aromatic N) is 3. The monoisotopic (exact) mass is 307 g/mol. The molecule has 0 saturated carbocycles. The van der Waals surface area contributed by atoms with E-state index >= 15 is 0 Å². The van der Waals surface area contributed by atoms with Crippen molar-refractivity contribution in [1.29, 1.82) is 0 Å². The van der Waals surface area contributed by atoms with Crippen molar-refractivity contribution in [2.75, 3.05) is 56.6 Å². The molecule has 1 aliphatic heterocycles. The third-order valence-corrected chi connectivity index (χ3v) is 3.76. The summed E-state index contributed by atoms with van der Waals surface area (Å²) in [6, 6.07) is 2.00. The van der Waals surface area contributed by atoms with E-state index in [1.807, 2.05) is 13.0 Å². The molecule has 1 saturated heterocycles. The molecule has 22 heavy (non-hydrogen) atoms. The van der Waals surface area contributed by atoms with Crippen LogP contribution in [0.5, 0.6) is 0 Å². The molecule has 1 fully saturated rings. The summed E-state index contributed by atoms with van der Waals surface area (Å²) in [7, 11) is 0. The second-order valence-corrected chi connectivity index (χ2v) is 5.70. The normalized spacial score (nSPS) is 15.7. The van der Waals surface area contributed by atoms with Gasteiger partial charge in [0, 0.05) is 38.8 Å². The molecular weight excluding hydrogens is 278 g/mol. The van der Waals surface area contributed by atoms with Crippen LogP contribution in [0.4, 0.5) is 11.6 Å². The molecule has 2 N–H and O–H groups in total. The Kier molecular flexibility index (Phi) is 7.39. The lowest BCUT2D eigenvalue weighted by Crippen LogP contribution is -2.39. The number of morpholine rings is 1. The van der Waals surface area contributed by atoms with Crippen LogP contribution in [-0.2, 0) is 4.74 Å². The third-order valence-electron chi connectivity index (χ3n) is 3.76. The summed E-state index contributed by atoms with van der Waals surface area (Å²) in [5.41, 5.74) is 0. The standard InChI is InChI=1S/C16H29N5O/c1-3-4-5-6-17-15-13-16(20-14(2)19-15)18-7-8-21-9-11-22-12-10-21/h13H,3-12H2,1-2H3,(H2,17,18,19,20). The van der Waals surface area contributed by atoms with Crippen molar-refractivity contribution < 1.29 is 4.74 Å². The lowest BCUT2D eigenvalue weighted by Gasteiger charge is -2.26. The molecule has 6 heteroatoms. The molecule has 2 heterocycles. The zero-order chi connectivity index (χ0) is 15.6. The van der Waals surface area contributed by atoms with Gasteiger partial charge < -0.3 is 15.4 Å². The van der Waals surface area contributed by atoms with Gasteiger partial charge in [-0.1, -0.05) is 19.8 Å². The molecule has 6 nitrogen and oxygen atoms in total. The number of ether oxygens (including phenoxy) is 1. The Morgan fingerprint density at radius 3 is 2.45 bits per heavy atom. The first-order chi connectivity index (χ1) is 10.8. The van der Waals surface area contributed by atoms with Gasteiger partial charge in [-0.2, -0.15) is 0 Å². The summed E-state index contributed by atoms with van der Waals surface area (Å²) in [5, 5.41) is 6.78. The van der Waals surface area contributed by atoms with Gasteiger partial charge in [-0.25, -0.2) is 9.97 Å². The van der Waals surface area contributed by atoms with Gasteiger partial charge in [0.2, 0.25) is 0 Å². The van der Waals surface area contributed by atoms with E-state index in [9.17, 15) is 0 Å². The molecule has 0 aromatic carbocycles. The fourth-order valence-corrected chi connectivity index (χ4v) is 2.51. The number of hydrogen-bond donors (Lipinski definition) is 2. The fourth-order valence-electron chi connectivity index (χ4n) is 2.51. The highest BCUT2D eigenvalue weighted by Gasteiger charge is 2.09. The first-order valence-electron chi connectivity index (χ1n) is 8.41. The number of anilines is 2. The Morgan fingerprint density at radius 1 is 1.09 bits per heavy atom. The van der Waals surface area contributed by atoms with Crippen LogP contribution < -0.4 is 10.6 Å². The van der Waals surface area contributed by atoms with Crippen LogP contribution in [-0.4, -0.2) is 60.8 Å². The molecule has 0 spiro atoms. The highest BCUT2D eigenvalue weighted by molar-refractivity contribution is 5.47. The first-order valence-corrected chi connectivity index (χ1v) is 8.41. The Balaban J connectivity index is 1.75. The van der Waals surface area contributed by atoms with E-state index in [0.29, 0.717) is 0 Å². The van der Waals surface area contributed by atoms with E-state index in [0.717, 1.165) is 63.4 Å². The Bertz CT molecular complexity index is 435. The summed E-state index contributed by atoms with van der Waals surface area (Å²) in [5.74, 6) is 2.62. The molecule has 1 aromatic rings. The average molecular weight is 307 g/mol. The molecule has 0 aliphatic carbocycles. The number of nitrogens with one attached hydrogen (secondary N) is 2. The molecule has 0 atom stereocenters. The topological polar surface area (TPSA) is 62.3 Å². The summed E-state index contributed by atoms with van der Waals surface area (Å²) < 4.78 is 5.36. The fraction of sp³-hybridized carbons (Fsp3) is 0.750. The second kappa shape index (κ2) is 9.58. The quantitative estimate of drug-likeness (QED) is 0.682. The molecule has 0 amide bonds. The lowest BCUT2D eigenvalue weighted by molar-refractivity contribution is 0.0398. The van der Waals surface area contributed by atoms with Gasteiger partial charge in [0.05, 0.1) is 13.2 Å². The third kappa shape index (κ3) is 6.15. The maximum Gasteiger partial charge on any atom is 0.131 e. The van der Waals surface area contributed by atoms with Crippen molar-refractivity contribution in [2.45, 2.75) is 33.1 Å². The van der Waals surface area contributed by atoms with Crippen LogP contribution in [0.25, 0.3) is 0 Å². The second-order valence-electron chi connectivity index (χ2n) is 5.70. The van der Waals surface area contributed by atoms with Gasteiger partial charge in [-0.15, -0.1) is 0 Å². The number of hydrogen-bond acceptors (Lipinski definition) is 6. The van der Waals surface area contributed by atoms with E-state index in [4.69, 9.17) is 4.74 Å². The minimum Gasteiger partial charge on any atom is -0.379 e. The molecule has 0 unspecified atom stereocenters. The maximum absolute atomic E-state index is 5.36. The molecule has 0 radical (unpaired) electrons. The Hall–Kier alpha value is -1.40. The van der Waals surface area contributed by atoms with E-state index in [1.165, 1.54) is 19.3 Å². The molecule has 0 bridgehead atoms. The van der Waals surface area contributed by atoms with Crippen LogP contribution in [0.3, 0.4) is 0 Å². The number of rotatable bonds is 9. The van der Waals surface area contributed by atoms with Crippen LogP contribution >= 0.6 is 0 Å². The van der Waals surface area contributed by atoms with Crippen molar-refractivity contribution in [2.24, 2.45) is 0 Å². The van der Waals surface area contributed by atoms with Crippen molar-refractivity contribution in [3.63, 3.8) is 0 Å². The van der Waals surface area contributed by atoms with Gasteiger partial charge in [0.15, 0.2) is 0 Å². The van der Waals surface area contributed by atoms with Crippen LogP contribution in [0, 0.1) is 6.92 Å². The Labute approximate surface area is 133 Å². The zero-order valence-corrected chi connectivity index (χ0v) is 13.9. The minimum atomic E-state index is 0.800. The molecule has 124 valence electrons. The number of aryl methyl sites for hydroxylation is 1. The largest absolute Gasteiger partial charge is 0.379 e. The van der Waals surface area contributed by atoms with Gasteiger partial charge in [0.25, 0.3) is 0 Å². The van der Waals surface area contributed by atoms with E-state index < -0.39 is 0 Å². The minimum absolute atomic E-state index is 0.800. The van der Waals surface area contributed by atoms with Crippen LogP contribution in [0.15, 0.2) is 6.07 Å². The summed E-state index contributed by atoms with van der Waals surface area (Å²) in [4.78, 5) is 11.3. The zero-order valence-electron chi connectivity index (χ0n) is 13.9. The van der Waals surface area contributed by atoms with Crippen LogP contribution in [0.1, 0.15) is 32.0 Å². The van der Waals surface area contributed by atoms with Crippen molar-refractivity contribution in [3.05, 3.63) is 11.9 Å². The van der Waals surface area contributed by atoms with Crippen molar-refractivity contribution >= 4 is 11.6 Å². The van der Waals surface area contributed by atoms with Gasteiger partial charge in [-0.3, -0.25) is 4.90 Å². The van der Waals surface area contributed by atoms with Crippen molar-refractivity contribution in [1.82, 2.24) is 14.9 Å². The van der Waals surface area contributed by atoms with E-state index in [-0.39, 0.29) is 0 Å². The molecule has 1 aliphatic rings. The molecule has 2 rings (SSSR count). The van der Waals surface area contributed by atoms with Gasteiger partial charge in [-0.05, 0) is 13.3 Å². The first kappa shape index (κ1) is 17.0. The SMILES string of the molecule is CCCCCNc1cc(NCCN2CCOCC2)nc(C)n1. The summed E-state index contributed by atoms with van der Waals surface area (Å²) in [6.45, 7) is 10.8. The summed E-state index contributed by atoms with van der Waals surface area (Å²) >= 11 is 0. The number of aromatic nitrogens is 2. The number of unbranched alkanes of at least 4 members (excludes halogenated alkanes) is 2. The highest BCUT2D eigenvalue weighted by atomic mass is 16.5. The van der Waals surface area contributed by atoms with Crippen molar-refractivity contribution in [3.8, 4) is 0 Å². The molecule has 1 aromatic heterocycles. The van der Waals surface area contributed by atoms with Gasteiger partial charge in [0.1, 0.15) is 17.5 Å².